The van der Waals surface area contributed by atoms with E-state index < -0.39 is 16.1 Å². The molecule has 138 valence electrons. The third kappa shape index (κ3) is 4.28. The van der Waals surface area contributed by atoms with E-state index in [0.717, 1.165) is 15.3 Å². The van der Waals surface area contributed by atoms with E-state index in [2.05, 4.69) is 4.72 Å². The second-order valence-corrected chi connectivity index (χ2v) is 9.53. The van der Waals surface area contributed by atoms with Gasteiger partial charge in [-0.15, -0.1) is 11.3 Å². The van der Waals surface area contributed by atoms with Gasteiger partial charge >= 0.3 is 0 Å². The molecular weight excluding hydrogens is 414 g/mol. The average Bonchev–Trinajstić information content (AvgIpc) is 3.31. The second kappa shape index (κ2) is 8.08. The number of benzene rings is 1. The zero-order chi connectivity index (χ0) is 18.7. The summed E-state index contributed by atoms with van der Waals surface area (Å²) < 4.78 is 32.8. The summed E-state index contributed by atoms with van der Waals surface area (Å²) in [5.41, 5.74) is 0.827. The maximum absolute atomic E-state index is 12.6. The van der Waals surface area contributed by atoms with Gasteiger partial charge in [0.05, 0.1) is 7.11 Å². The van der Waals surface area contributed by atoms with E-state index in [1.165, 1.54) is 41.9 Å². The number of thiophene rings is 2. The highest BCUT2D eigenvalue weighted by Gasteiger charge is 2.20. The van der Waals surface area contributed by atoms with Crippen LogP contribution in [0.1, 0.15) is 21.4 Å². The third-order valence-corrected chi connectivity index (χ3v) is 7.16. The Balaban J connectivity index is 1.74. The van der Waals surface area contributed by atoms with Gasteiger partial charge in [-0.25, -0.2) is 13.1 Å². The molecule has 0 saturated carbocycles. The number of sulfonamides is 1. The van der Waals surface area contributed by atoms with Crippen molar-refractivity contribution in [3.05, 3.63) is 67.5 Å². The Morgan fingerprint density at radius 1 is 1.27 bits per heavy atom. The van der Waals surface area contributed by atoms with Gasteiger partial charge in [0.25, 0.3) is 0 Å². The third-order valence-electron chi connectivity index (χ3n) is 3.66. The molecule has 0 fully saturated rings. The van der Waals surface area contributed by atoms with Gasteiger partial charge in [0.15, 0.2) is 0 Å². The van der Waals surface area contributed by atoms with Gasteiger partial charge in [-0.2, -0.15) is 11.3 Å². The topological polar surface area (TPSA) is 75.6 Å². The molecule has 0 bridgehead atoms. The monoisotopic (exact) mass is 429 g/mol. The van der Waals surface area contributed by atoms with Crippen LogP contribution in [0.5, 0.6) is 5.75 Å². The van der Waals surface area contributed by atoms with Crippen molar-refractivity contribution in [2.24, 2.45) is 0 Å². The van der Waals surface area contributed by atoms with Gasteiger partial charge in [0, 0.05) is 21.3 Å². The minimum Gasteiger partial charge on any atom is -0.495 e. The predicted molar refractivity (Wildman–Crippen MR) is 105 cm³/mol. The summed E-state index contributed by atoms with van der Waals surface area (Å²) >= 11 is 8.79. The van der Waals surface area contributed by atoms with Gasteiger partial charge in [-0.1, -0.05) is 11.6 Å². The number of hydrogen-bond donors (Lipinski definition) is 2. The van der Waals surface area contributed by atoms with Crippen LogP contribution in [0.25, 0.3) is 0 Å². The number of hydrogen-bond acceptors (Lipinski definition) is 6. The maximum Gasteiger partial charge on any atom is 0.244 e. The highest BCUT2D eigenvalue weighted by Crippen LogP contribution is 2.30. The number of aliphatic hydroxyl groups excluding tert-OH is 1. The lowest BCUT2D eigenvalue weighted by Crippen LogP contribution is -2.23. The average molecular weight is 430 g/mol. The zero-order valence-corrected chi connectivity index (χ0v) is 16.9. The van der Waals surface area contributed by atoms with Gasteiger partial charge in [0.2, 0.25) is 10.0 Å². The summed E-state index contributed by atoms with van der Waals surface area (Å²) in [6, 6.07) is 9.89. The quantitative estimate of drug-likeness (QED) is 0.594. The fraction of sp³-hybridized carbons (Fsp3) is 0.176. The van der Waals surface area contributed by atoms with Crippen molar-refractivity contribution >= 4 is 44.3 Å². The first-order chi connectivity index (χ1) is 12.4. The van der Waals surface area contributed by atoms with Crippen molar-refractivity contribution < 1.29 is 18.3 Å². The molecule has 26 heavy (non-hydrogen) atoms. The van der Waals surface area contributed by atoms with E-state index in [-0.39, 0.29) is 17.2 Å². The molecule has 0 aliphatic carbocycles. The van der Waals surface area contributed by atoms with Crippen LogP contribution in [-0.4, -0.2) is 20.6 Å². The lowest BCUT2D eigenvalue weighted by molar-refractivity contribution is 0.224. The molecule has 3 rings (SSSR count). The van der Waals surface area contributed by atoms with Crippen LogP contribution in [0, 0.1) is 0 Å². The van der Waals surface area contributed by atoms with E-state index >= 15 is 0 Å². The number of aliphatic hydroxyl groups is 1. The molecule has 9 heteroatoms. The summed E-state index contributed by atoms with van der Waals surface area (Å²) in [6.07, 6.45) is -0.704. The Hall–Kier alpha value is -1.42. The number of methoxy groups -OCH3 is 1. The number of halogens is 1. The van der Waals surface area contributed by atoms with E-state index in [4.69, 9.17) is 16.3 Å². The molecule has 0 aliphatic heterocycles. The Kier molecular flexibility index (Phi) is 6.01. The molecule has 0 aliphatic rings. The molecular formula is C17H16ClNO4S3. The number of nitrogens with one attached hydrogen (secondary N) is 1. The minimum absolute atomic E-state index is 0.0115. The van der Waals surface area contributed by atoms with Crippen LogP contribution in [0.3, 0.4) is 0 Å². The number of ether oxygens (including phenoxy) is 1. The smallest absolute Gasteiger partial charge is 0.244 e. The fourth-order valence-corrected chi connectivity index (χ4v) is 5.51. The molecule has 1 atom stereocenters. The molecule has 0 amide bonds. The van der Waals surface area contributed by atoms with Gasteiger partial charge in [0.1, 0.15) is 16.7 Å². The molecule has 2 heterocycles. The Morgan fingerprint density at radius 2 is 2.08 bits per heavy atom. The normalized spacial score (nSPS) is 12.9. The van der Waals surface area contributed by atoms with E-state index in [0.29, 0.717) is 5.02 Å². The Morgan fingerprint density at radius 3 is 2.77 bits per heavy atom. The standard InChI is InChI=1S/C17H16ClNO4S3/c1-23-14-4-2-12(18)8-16(14)26(21,22)19-9-13-3-5-15(25-13)17(20)11-6-7-24-10-11/h2-8,10,17,19-20H,9H2,1H3. The molecule has 5 nitrogen and oxygen atoms in total. The van der Waals surface area contributed by atoms with Crippen molar-refractivity contribution in [2.75, 3.05) is 7.11 Å². The maximum atomic E-state index is 12.6. The van der Waals surface area contributed by atoms with Crippen molar-refractivity contribution in [3.63, 3.8) is 0 Å². The van der Waals surface area contributed by atoms with E-state index in [9.17, 15) is 13.5 Å². The highest BCUT2D eigenvalue weighted by molar-refractivity contribution is 7.89. The summed E-state index contributed by atoms with van der Waals surface area (Å²) in [5.74, 6) is 0.224. The van der Waals surface area contributed by atoms with Crippen LogP contribution in [0.2, 0.25) is 5.02 Å². The molecule has 0 spiro atoms. The van der Waals surface area contributed by atoms with Gasteiger partial charge in [-0.05, 0) is 52.7 Å². The first-order valence-corrected chi connectivity index (χ1v) is 11.1. The van der Waals surface area contributed by atoms with Crippen LogP contribution in [0.15, 0.2) is 52.1 Å². The zero-order valence-electron chi connectivity index (χ0n) is 13.7. The first kappa shape index (κ1) is 19.3. The van der Waals surface area contributed by atoms with Crippen LogP contribution in [-0.2, 0) is 16.6 Å². The molecule has 2 N–H and O–H groups in total. The largest absolute Gasteiger partial charge is 0.495 e. The summed E-state index contributed by atoms with van der Waals surface area (Å²) in [6.45, 7) is 0.110. The molecule has 0 radical (unpaired) electrons. The minimum atomic E-state index is -3.79. The van der Waals surface area contributed by atoms with Crippen LogP contribution >= 0.6 is 34.3 Å². The first-order valence-electron chi connectivity index (χ1n) is 7.52. The van der Waals surface area contributed by atoms with Crippen molar-refractivity contribution in [2.45, 2.75) is 17.5 Å². The SMILES string of the molecule is COc1ccc(Cl)cc1S(=O)(=O)NCc1ccc(C(O)c2ccsc2)s1. The Bertz CT molecular complexity index is 983. The molecule has 3 aromatic rings. The lowest BCUT2D eigenvalue weighted by atomic mass is 10.2. The summed E-state index contributed by atoms with van der Waals surface area (Å²) in [4.78, 5) is 1.54. The second-order valence-electron chi connectivity index (χ2n) is 5.38. The van der Waals surface area contributed by atoms with Crippen LogP contribution < -0.4 is 9.46 Å². The van der Waals surface area contributed by atoms with Crippen molar-refractivity contribution in [1.29, 1.82) is 0 Å². The molecule has 0 saturated heterocycles. The van der Waals surface area contributed by atoms with Crippen molar-refractivity contribution in [1.82, 2.24) is 4.72 Å². The van der Waals surface area contributed by atoms with Gasteiger partial charge < -0.3 is 9.84 Å². The van der Waals surface area contributed by atoms with Crippen molar-refractivity contribution in [3.8, 4) is 5.75 Å². The fourth-order valence-electron chi connectivity index (χ4n) is 2.34. The number of rotatable bonds is 7. The van der Waals surface area contributed by atoms with E-state index in [1.54, 1.807) is 18.2 Å². The van der Waals surface area contributed by atoms with E-state index in [1.807, 2.05) is 16.8 Å². The molecule has 2 aromatic heterocycles. The lowest BCUT2D eigenvalue weighted by Gasteiger charge is -2.10. The molecule has 1 aromatic carbocycles. The van der Waals surface area contributed by atoms with Gasteiger partial charge in [-0.3, -0.25) is 0 Å². The Labute approximate surface area is 164 Å². The van der Waals surface area contributed by atoms with Crippen LogP contribution in [0.4, 0.5) is 0 Å². The summed E-state index contributed by atoms with van der Waals surface area (Å²) in [7, 11) is -2.39. The summed E-state index contributed by atoms with van der Waals surface area (Å²) in [5, 5.41) is 14.4. The predicted octanol–water partition coefficient (Wildman–Crippen LogP) is 4.03. The molecule has 1 unspecified atom stereocenters. The highest BCUT2D eigenvalue weighted by atomic mass is 35.5.